The van der Waals surface area contributed by atoms with E-state index in [1.54, 1.807) is 20.2 Å². The lowest BCUT2D eigenvalue weighted by atomic mass is 10.3. The van der Waals surface area contributed by atoms with Gasteiger partial charge in [-0.25, -0.2) is 4.98 Å². The van der Waals surface area contributed by atoms with Gasteiger partial charge in [0.1, 0.15) is 18.2 Å². The molecule has 94 valence electrons. The molecular weight excluding hydrogens is 230 g/mol. The van der Waals surface area contributed by atoms with E-state index in [4.69, 9.17) is 9.47 Å². The molecule has 0 saturated heterocycles. The summed E-state index contributed by atoms with van der Waals surface area (Å²) in [4.78, 5) is 8.52. The van der Waals surface area contributed by atoms with Crippen molar-refractivity contribution in [1.29, 1.82) is 0 Å². The van der Waals surface area contributed by atoms with E-state index in [0.717, 1.165) is 5.75 Å². The minimum Gasteiger partial charge on any atom is -0.439 e. The highest BCUT2D eigenvalue weighted by Crippen LogP contribution is 2.21. The maximum atomic E-state index is 5.66. The number of nitrogens with one attached hydrogen (secondary N) is 1. The van der Waals surface area contributed by atoms with Crippen LogP contribution in [0.2, 0.25) is 0 Å². The monoisotopic (exact) mass is 245 g/mol. The van der Waals surface area contributed by atoms with Crippen LogP contribution in [-0.2, 0) is 11.3 Å². The van der Waals surface area contributed by atoms with Crippen molar-refractivity contribution < 1.29 is 9.47 Å². The van der Waals surface area contributed by atoms with Crippen LogP contribution in [0, 0.1) is 0 Å². The summed E-state index contributed by atoms with van der Waals surface area (Å²) in [6.45, 7) is 0.348. The molecule has 0 saturated carbocycles. The minimum absolute atomic E-state index is 0.348. The number of benzene rings is 1. The molecule has 1 aromatic heterocycles. The highest BCUT2D eigenvalue weighted by Gasteiger charge is 2.05. The zero-order valence-corrected chi connectivity index (χ0v) is 10.4. The van der Waals surface area contributed by atoms with Crippen LogP contribution in [0.15, 0.2) is 36.4 Å². The molecule has 0 unspecified atom stereocenters. The molecule has 0 atom stereocenters. The van der Waals surface area contributed by atoms with Gasteiger partial charge in [-0.15, -0.1) is 0 Å². The molecule has 18 heavy (non-hydrogen) atoms. The third-order valence-electron chi connectivity index (χ3n) is 2.24. The highest BCUT2D eigenvalue weighted by molar-refractivity contribution is 5.39. The van der Waals surface area contributed by atoms with Gasteiger partial charge in [0.05, 0.1) is 0 Å². The zero-order valence-electron chi connectivity index (χ0n) is 10.4. The molecule has 0 fully saturated rings. The van der Waals surface area contributed by atoms with Gasteiger partial charge in [0.15, 0.2) is 5.82 Å². The van der Waals surface area contributed by atoms with Crippen molar-refractivity contribution in [2.45, 2.75) is 6.61 Å². The summed E-state index contributed by atoms with van der Waals surface area (Å²) in [7, 11) is 3.40. The van der Waals surface area contributed by atoms with Crippen LogP contribution in [0.25, 0.3) is 0 Å². The van der Waals surface area contributed by atoms with Gasteiger partial charge in [-0.1, -0.05) is 18.2 Å². The third kappa shape index (κ3) is 3.18. The molecule has 0 spiro atoms. The Kier molecular flexibility index (Phi) is 4.09. The number of ether oxygens (including phenoxy) is 2. The molecule has 0 radical (unpaired) electrons. The van der Waals surface area contributed by atoms with Gasteiger partial charge in [0, 0.05) is 20.2 Å². The fraction of sp³-hybridized carbons (Fsp3) is 0.231. The number of aromatic nitrogens is 2. The van der Waals surface area contributed by atoms with Crippen molar-refractivity contribution in [2.75, 3.05) is 19.5 Å². The number of methoxy groups -OCH3 is 1. The second-order valence-corrected chi connectivity index (χ2v) is 3.61. The zero-order chi connectivity index (χ0) is 12.8. The standard InChI is InChI=1S/C13H15N3O2/c1-14-11-8-13(16-12(15-11)9-17-2)18-10-6-4-3-5-7-10/h3-8H,9H2,1-2H3,(H,14,15,16). The molecular formula is C13H15N3O2. The minimum atomic E-state index is 0.348. The van der Waals surface area contributed by atoms with E-state index in [2.05, 4.69) is 15.3 Å². The van der Waals surface area contributed by atoms with E-state index in [1.165, 1.54) is 0 Å². The molecule has 0 aliphatic heterocycles. The van der Waals surface area contributed by atoms with Crippen LogP contribution in [0.5, 0.6) is 11.6 Å². The van der Waals surface area contributed by atoms with E-state index in [0.29, 0.717) is 24.1 Å². The maximum absolute atomic E-state index is 5.66. The summed E-state index contributed by atoms with van der Waals surface area (Å²) in [5, 5.41) is 2.97. The first-order valence-corrected chi connectivity index (χ1v) is 5.59. The second-order valence-electron chi connectivity index (χ2n) is 3.61. The Hall–Kier alpha value is -2.14. The van der Waals surface area contributed by atoms with E-state index in [1.807, 2.05) is 30.3 Å². The lowest BCUT2D eigenvalue weighted by molar-refractivity contribution is 0.177. The molecule has 0 amide bonds. The van der Waals surface area contributed by atoms with Crippen LogP contribution in [-0.4, -0.2) is 24.1 Å². The molecule has 5 heteroatoms. The number of hydrogen-bond acceptors (Lipinski definition) is 5. The third-order valence-corrected chi connectivity index (χ3v) is 2.24. The van der Waals surface area contributed by atoms with Crippen molar-refractivity contribution in [3.63, 3.8) is 0 Å². The van der Waals surface area contributed by atoms with Crippen molar-refractivity contribution in [1.82, 2.24) is 9.97 Å². The van der Waals surface area contributed by atoms with Crippen LogP contribution in [0.3, 0.4) is 0 Å². The predicted octanol–water partition coefficient (Wildman–Crippen LogP) is 2.46. The first kappa shape index (κ1) is 12.3. The molecule has 1 aromatic carbocycles. The molecule has 0 aliphatic carbocycles. The Labute approximate surface area is 106 Å². The molecule has 1 heterocycles. The Morgan fingerprint density at radius 1 is 1.17 bits per heavy atom. The Morgan fingerprint density at radius 2 is 1.94 bits per heavy atom. The lowest BCUT2D eigenvalue weighted by Gasteiger charge is -2.08. The fourth-order valence-electron chi connectivity index (χ4n) is 1.46. The summed E-state index contributed by atoms with van der Waals surface area (Å²) in [6.07, 6.45) is 0. The van der Waals surface area contributed by atoms with Crippen LogP contribution >= 0.6 is 0 Å². The molecule has 1 N–H and O–H groups in total. The molecule has 0 bridgehead atoms. The van der Waals surface area contributed by atoms with Crippen molar-refractivity contribution in [3.8, 4) is 11.6 Å². The second kappa shape index (κ2) is 5.97. The summed E-state index contributed by atoms with van der Waals surface area (Å²) < 4.78 is 10.7. The number of nitrogens with zero attached hydrogens (tertiary/aromatic N) is 2. The first-order chi connectivity index (χ1) is 8.81. The lowest BCUT2D eigenvalue weighted by Crippen LogP contribution is -2.02. The summed E-state index contributed by atoms with van der Waals surface area (Å²) >= 11 is 0. The highest BCUT2D eigenvalue weighted by atomic mass is 16.5. The van der Waals surface area contributed by atoms with Gasteiger partial charge in [0.2, 0.25) is 5.88 Å². The smallest absolute Gasteiger partial charge is 0.224 e. The Balaban J connectivity index is 2.24. The molecule has 2 rings (SSSR count). The molecule has 2 aromatic rings. The van der Waals surface area contributed by atoms with E-state index < -0.39 is 0 Å². The van der Waals surface area contributed by atoms with Gasteiger partial charge >= 0.3 is 0 Å². The van der Waals surface area contributed by atoms with E-state index in [-0.39, 0.29) is 0 Å². The Bertz CT molecular complexity index is 503. The summed E-state index contributed by atoms with van der Waals surface area (Å²) in [6, 6.07) is 11.2. The maximum Gasteiger partial charge on any atom is 0.224 e. The quantitative estimate of drug-likeness (QED) is 0.876. The van der Waals surface area contributed by atoms with Gasteiger partial charge < -0.3 is 14.8 Å². The summed E-state index contributed by atoms with van der Waals surface area (Å²) in [5.41, 5.74) is 0. The van der Waals surface area contributed by atoms with Crippen molar-refractivity contribution in [2.24, 2.45) is 0 Å². The normalized spacial score (nSPS) is 10.1. The average molecular weight is 245 g/mol. The molecule has 5 nitrogen and oxygen atoms in total. The largest absolute Gasteiger partial charge is 0.439 e. The van der Waals surface area contributed by atoms with Crippen LogP contribution in [0.1, 0.15) is 5.82 Å². The first-order valence-electron chi connectivity index (χ1n) is 5.59. The fourth-order valence-corrected chi connectivity index (χ4v) is 1.46. The van der Waals surface area contributed by atoms with Crippen LogP contribution < -0.4 is 10.1 Å². The van der Waals surface area contributed by atoms with Crippen molar-refractivity contribution in [3.05, 3.63) is 42.2 Å². The molecule has 0 aliphatic rings. The average Bonchev–Trinajstić information content (AvgIpc) is 2.40. The number of anilines is 1. The SMILES string of the molecule is CNc1cc(Oc2ccccc2)nc(COC)n1. The van der Waals surface area contributed by atoms with Gasteiger partial charge in [-0.05, 0) is 12.1 Å². The van der Waals surface area contributed by atoms with E-state index in [9.17, 15) is 0 Å². The van der Waals surface area contributed by atoms with Gasteiger partial charge in [0.25, 0.3) is 0 Å². The van der Waals surface area contributed by atoms with Gasteiger partial charge in [-0.2, -0.15) is 4.98 Å². The van der Waals surface area contributed by atoms with E-state index >= 15 is 0 Å². The van der Waals surface area contributed by atoms with Gasteiger partial charge in [-0.3, -0.25) is 0 Å². The number of para-hydroxylation sites is 1. The van der Waals surface area contributed by atoms with Crippen molar-refractivity contribution >= 4 is 5.82 Å². The summed E-state index contributed by atoms with van der Waals surface area (Å²) in [5.74, 6) is 2.51. The number of hydrogen-bond donors (Lipinski definition) is 1. The van der Waals surface area contributed by atoms with Crippen LogP contribution in [0.4, 0.5) is 5.82 Å². The topological polar surface area (TPSA) is 56.3 Å². The number of rotatable bonds is 5. The Morgan fingerprint density at radius 3 is 2.61 bits per heavy atom. The predicted molar refractivity (Wildman–Crippen MR) is 68.8 cm³/mol.